The summed E-state index contributed by atoms with van der Waals surface area (Å²) in [7, 11) is 0. The normalized spacial score (nSPS) is 11.0. The third-order valence-corrected chi connectivity index (χ3v) is 5.40. The van der Waals surface area contributed by atoms with Crippen LogP contribution in [-0.4, -0.2) is 50.3 Å². The molecule has 0 rings (SSSR count). The van der Waals surface area contributed by atoms with E-state index in [-0.39, 0.29) is 46.6 Å². The number of unbranched alkanes of at least 4 members (excludes halogenated alkanes) is 16. The second kappa shape index (κ2) is 28.5. The molecule has 0 aromatic carbocycles. The van der Waals surface area contributed by atoms with Gasteiger partial charge in [0.05, 0.1) is 6.61 Å². The van der Waals surface area contributed by atoms with Gasteiger partial charge in [-0.15, -0.1) is 0 Å². The van der Waals surface area contributed by atoms with E-state index in [9.17, 15) is 4.79 Å². The minimum absolute atomic E-state index is 0. The minimum Gasteiger partial charge on any atom is -1.00 e. The molecule has 0 saturated carbocycles. The Balaban J connectivity index is -0.00000121. The Morgan fingerprint density at radius 3 is 1.55 bits per heavy atom. The predicted octanol–water partition coefficient (Wildman–Crippen LogP) is 8.77. The van der Waals surface area contributed by atoms with Gasteiger partial charge in [0, 0.05) is 6.42 Å². The number of hydrogen-bond acceptors (Lipinski definition) is 2. The number of hydrogen-bond donors (Lipinski definition) is 0. The molecule has 0 bridgehead atoms. The van der Waals surface area contributed by atoms with E-state index in [1.807, 2.05) is 0 Å². The van der Waals surface area contributed by atoms with E-state index >= 15 is 0 Å². The van der Waals surface area contributed by atoms with Crippen LogP contribution in [0, 0.1) is 0 Å². The van der Waals surface area contributed by atoms with Crippen LogP contribution in [0.15, 0.2) is 12.2 Å². The Kier molecular flexibility index (Phi) is 31.1. The van der Waals surface area contributed by atoms with Crippen molar-refractivity contribution in [3.63, 3.8) is 0 Å². The number of carbonyl (C=O) groups is 1. The van der Waals surface area contributed by atoms with Crippen LogP contribution in [0.2, 0.25) is 0 Å². The maximum Gasteiger partial charge on any atom is 2.00 e. The van der Waals surface area contributed by atoms with E-state index in [4.69, 9.17) is 4.74 Å². The van der Waals surface area contributed by atoms with Crippen LogP contribution in [0.5, 0.6) is 0 Å². The Bertz CT molecular complexity index is 352. The summed E-state index contributed by atoms with van der Waals surface area (Å²) < 4.78 is 5.32. The van der Waals surface area contributed by atoms with Crippen LogP contribution >= 0.6 is 0 Å². The topological polar surface area (TPSA) is 26.3 Å². The maximum atomic E-state index is 11.7. The second-order valence-electron chi connectivity index (χ2n) is 8.32. The van der Waals surface area contributed by atoms with Crippen LogP contribution in [0.1, 0.15) is 145 Å². The molecule has 0 heterocycles. The van der Waals surface area contributed by atoms with Crippen molar-refractivity contribution in [1.82, 2.24) is 0 Å². The Hall–Kier alpha value is 0.470. The van der Waals surface area contributed by atoms with E-state index < -0.39 is 0 Å². The van der Waals surface area contributed by atoms with Crippen molar-refractivity contribution in [3.05, 3.63) is 12.2 Å². The smallest absolute Gasteiger partial charge is 1.00 e. The molecule has 0 aromatic heterocycles. The molecule has 0 aliphatic carbocycles. The summed E-state index contributed by atoms with van der Waals surface area (Å²) in [6, 6.07) is 0. The average molecular weight is 437 g/mol. The van der Waals surface area contributed by atoms with Crippen LogP contribution in [0.25, 0.3) is 0 Å². The van der Waals surface area contributed by atoms with Crippen LogP contribution in [0.3, 0.4) is 0 Å². The SMILES string of the molecule is CCCCCCCC/C=C\CCCCCCCC(=O)OCCCCCCCC.[Ca+2].[H-].[H-]. The predicted molar refractivity (Wildman–Crippen MR) is 132 cm³/mol. The third kappa shape index (κ3) is 28.5. The van der Waals surface area contributed by atoms with Gasteiger partial charge in [-0.3, -0.25) is 4.79 Å². The summed E-state index contributed by atoms with van der Waals surface area (Å²) in [6.45, 7) is 5.13. The van der Waals surface area contributed by atoms with Crippen molar-refractivity contribution in [3.8, 4) is 0 Å². The summed E-state index contributed by atoms with van der Waals surface area (Å²) >= 11 is 0. The van der Waals surface area contributed by atoms with Gasteiger partial charge in [0.1, 0.15) is 0 Å². The molecule has 0 spiro atoms. The van der Waals surface area contributed by atoms with Crippen molar-refractivity contribution >= 4 is 43.7 Å². The van der Waals surface area contributed by atoms with Crippen molar-refractivity contribution in [1.29, 1.82) is 0 Å². The molecule has 0 fully saturated rings. The van der Waals surface area contributed by atoms with Gasteiger partial charge in [-0.25, -0.2) is 0 Å². The fraction of sp³-hybridized carbons (Fsp3) is 0.885. The molecule has 0 N–H and O–H groups in total. The number of ether oxygens (including phenoxy) is 1. The van der Waals surface area contributed by atoms with Crippen molar-refractivity contribution in [2.24, 2.45) is 0 Å². The Morgan fingerprint density at radius 1 is 0.621 bits per heavy atom. The molecular formula is C26H52CaO2. The first-order valence-electron chi connectivity index (χ1n) is 12.6. The monoisotopic (exact) mass is 436 g/mol. The van der Waals surface area contributed by atoms with E-state index in [0.29, 0.717) is 13.0 Å². The molecule has 0 unspecified atom stereocenters. The number of esters is 1. The third-order valence-electron chi connectivity index (χ3n) is 5.40. The molecule has 0 radical (unpaired) electrons. The summed E-state index contributed by atoms with van der Waals surface area (Å²) in [5, 5.41) is 0. The molecule has 0 aliphatic heterocycles. The Labute approximate surface area is 216 Å². The molecular weight excluding hydrogens is 384 g/mol. The fourth-order valence-electron chi connectivity index (χ4n) is 3.48. The summed E-state index contributed by atoms with van der Waals surface area (Å²) in [5.41, 5.74) is 0. The minimum atomic E-state index is 0. The molecule has 0 aromatic rings. The molecule has 29 heavy (non-hydrogen) atoms. The van der Waals surface area contributed by atoms with Crippen molar-refractivity contribution in [2.75, 3.05) is 6.61 Å². The molecule has 170 valence electrons. The summed E-state index contributed by atoms with van der Waals surface area (Å²) in [5.74, 6) is 0.00573. The van der Waals surface area contributed by atoms with E-state index in [1.54, 1.807) is 0 Å². The largest absolute Gasteiger partial charge is 2.00 e. The Morgan fingerprint density at radius 2 is 1.03 bits per heavy atom. The maximum absolute atomic E-state index is 11.7. The first-order valence-corrected chi connectivity index (χ1v) is 12.6. The number of allylic oxidation sites excluding steroid dienone is 2. The molecule has 0 saturated heterocycles. The van der Waals surface area contributed by atoms with Gasteiger partial charge in [-0.05, 0) is 38.5 Å². The van der Waals surface area contributed by atoms with Crippen molar-refractivity contribution < 1.29 is 12.4 Å². The van der Waals surface area contributed by atoms with Gasteiger partial charge in [0.25, 0.3) is 0 Å². The average Bonchev–Trinajstić information content (AvgIpc) is 2.70. The first kappa shape index (κ1) is 31.7. The van der Waals surface area contributed by atoms with Gasteiger partial charge in [-0.1, -0.05) is 109 Å². The summed E-state index contributed by atoms with van der Waals surface area (Å²) in [6.07, 6.45) is 29.5. The van der Waals surface area contributed by atoms with Crippen LogP contribution in [0.4, 0.5) is 0 Å². The zero-order valence-electron chi connectivity index (χ0n) is 22.0. The van der Waals surface area contributed by atoms with E-state index in [1.165, 1.54) is 103 Å². The fourth-order valence-corrected chi connectivity index (χ4v) is 3.48. The van der Waals surface area contributed by atoms with Crippen LogP contribution < -0.4 is 0 Å². The van der Waals surface area contributed by atoms with Gasteiger partial charge >= 0.3 is 43.7 Å². The van der Waals surface area contributed by atoms with Gasteiger partial charge in [0.15, 0.2) is 0 Å². The molecule has 2 nitrogen and oxygen atoms in total. The number of carbonyl (C=O) groups excluding carboxylic acids is 1. The standard InChI is InChI=1S/C26H50O2.Ca.2H/c1-3-5-7-9-11-12-13-14-15-16-17-18-19-20-22-24-26(27)28-25-23-21-10-8-6-4-2;;;/h14-15H,3-13,16-25H2,1-2H3;;;/q;+2;2*-1/b15-14-;;;. The van der Waals surface area contributed by atoms with E-state index in [2.05, 4.69) is 26.0 Å². The number of rotatable bonds is 22. The zero-order chi connectivity index (χ0) is 20.5. The molecule has 3 heteroatoms. The molecule has 0 aliphatic rings. The van der Waals surface area contributed by atoms with Gasteiger partial charge in [0.2, 0.25) is 0 Å². The van der Waals surface area contributed by atoms with Crippen LogP contribution in [-0.2, 0) is 9.53 Å². The van der Waals surface area contributed by atoms with Crippen molar-refractivity contribution in [2.45, 2.75) is 142 Å². The van der Waals surface area contributed by atoms with E-state index in [0.717, 1.165) is 19.3 Å². The van der Waals surface area contributed by atoms with Gasteiger partial charge in [-0.2, -0.15) is 0 Å². The molecule has 0 amide bonds. The second-order valence-corrected chi connectivity index (χ2v) is 8.32. The molecule has 0 atom stereocenters. The van der Waals surface area contributed by atoms with Gasteiger partial charge < -0.3 is 7.59 Å². The first-order chi connectivity index (χ1) is 13.8. The summed E-state index contributed by atoms with van der Waals surface area (Å²) in [4.78, 5) is 11.7. The quantitative estimate of drug-likeness (QED) is 0.0733. The zero-order valence-corrected chi connectivity index (χ0v) is 22.2.